The van der Waals surface area contributed by atoms with Gasteiger partial charge in [0.25, 0.3) is 0 Å². The van der Waals surface area contributed by atoms with E-state index < -0.39 is 23.5 Å². The smallest absolute Gasteiger partial charge is 0.311 e. The minimum Gasteiger partial charge on any atom is -0.481 e. The van der Waals surface area contributed by atoms with E-state index >= 15 is 0 Å². The van der Waals surface area contributed by atoms with Gasteiger partial charge < -0.3 is 5.11 Å². The van der Waals surface area contributed by atoms with Crippen LogP contribution in [0.2, 0.25) is 0 Å². The van der Waals surface area contributed by atoms with Crippen molar-refractivity contribution in [3.63, 3.8) is 0 Å². The van der Waals surface area contributed by atoms with E-state index in [-0.39, 0.29) is 12.0 Å². The van der Waals surface area contributed by atoms with Crippen LogP contribution < -0.4 is 0 Å². The van der Waals surface area contributed by atoms with E-state index in [9.17, 15) is 18.7 Å². The normalized spacial score (nSPS) is 12.1. The van der Waals surface area contributed by atoms with E-state index in [0.717, 1.165) is 17.7 Å². The Bertz CT molecular complexity index is 582. The molecule has 1 N–H and O–H groups in total. The first kappa shape index (κ1) is 13.2. The van der Waals surface area contributed by atoms with Gasteiger partial charge in [-0.1, -0.05) is 36.4 Å². The number of carboxylic acids is 1. The van der Waals surface area contributed by atoms with Crippen LogP contribution in [-0.2, 0) is 11.2 Å². The Kier molecular flexibility index (Phi) is 3.90. The molecule has 98 valence electrons. The second-order valence-corrected chi connectivity index (χ2v) is 4.25. The summed E-state index contributed by atoms with van der Waals surface area (Å²) < 4.78 is 26.0. The van der Waals surface area contributed by atoms with Crippen LogP contribution in [0.3, 0.4) is 0 Å². The summed E-state index contributed by atoms with van der Waals surface area (Å²) in [6.07, 6.45) is 0.237. The second-order valence-electron chi connectivity index (χ2n) is 4.25. The van der Waals surface area contributed by atoms with Crippen LogP contribution in [0.4, 0.5) is 8.78 Å². The second kappa shape index (κ2) is 5.61. The monoisotopic (exact) mass is 262 g/mol. The number of halogens is 2. The molecule has 2 aromatic rings. The van der Waals surface area contributed by atoms with Gasteiger partial charge in [-0.3, -0.25) is 4.79 Å². The van der Waals surface area contributed by atoms with Gasteiger partial charge in [0.2, 0.25) is 0 Å². The molecule has 2 nitrogen and oxygen atoms in total. The summed E-state index contributed by atoms with van der Waals surface area (Å²) >= 11 is 0. The largest absolute Gasteiger partial charge is 0.481 e. The summed E-state index contributed by atoms with van der Waals surface area (Å²) in [5.74, 6) is -3.96. The van der Waals surface area contributed by atoms with Crippen LogP contribution in [0.5, 0.6) is 0 Å². The van der Waals surface area contributed by atoms with Crippen LogP contribution in [0.15, 0.2) is 48.5 Å². The molecule has 2 aromatic carbocycles. The molecule has 4 heteroatoms. The van der Waals surface area contributed by atoms with Crippen molar-refractivity contribution >= 4 is 5.97 Å². The van der Waals surface area contributed by atoms with Gasteiger partial charge in [-0.2, -0.15) is 0 Å². The molecule has 0 aliphatic carbocycles. The standard InChI is InChI=1S/C15H12F2O2/c16-13-7-6-11(9-14(13)17)12(15(18)19)8-10-4-2-1-3-5-10/h1-7,9,12H,8H2,(H,18,19). The molecule has 0 spiro atoms. The zero-order valence-electron chi connectivity index (χ0n) is 10.0. The number of rotatable bonds is 4. The molecule has 0 bridgehead atoms. The molecule has 0 saturated heterocycles. The Hall–Kier alpha value is -2.23. The van der Waals surface area contributed by atoms with Crippen molar-refractivity contribution in [2.24, 2.45) is 0 Å². The lowest BCUT2D eigenvalue weighted by molar-refractivity contribution is -0.138. The lowest BCUT2D eigenvalue weighted by atomic mass is 9.92. The van der Waals surface area contributed by atoms with Crippen molar-refractivity contribution in [3.8, 4) is 0 Å². The van der Waals surface area contributed by atoms with Crippen molar-refractivity contribution in [1.82, 2.24) is 0 Å². The number of carbonyl (C=O) groups is 1. The topological polar surface area (TPSA) is 37.3 Å². The SMILES string of the molecule is O=C(O)C(Cc1ccccc1)c1ccc(F)c(F)c1. The Morgan fingerprint density at radius 2 is 1.74 bits per heavy atom. The summed E-state index contributed by atoms with van der Waals surface area (Å²) in [5, 5.41) is 9.23. The average molecular weight is 262 g/mol. The van der Waals surface area contributed by atoms with Crippen molar-refractivity contribution in [1.29, 1.82) is 0 Å². The van der Waals surface area contributed by atoms with Crippen molar-refractivity contribution in [2.45, 2.75) is 12.3 Å². The highest BCUT2D eigenvalue weighted by Gasteiger charge is 2.21. The van der Waals surface area contributed by atoms with Crippen LogP contribution in [0, 0.1) is 11.6 Å². The molecule has 0 amide bonds. The highest BCUT2D eigenvalue weighted by atomic mass is 19.2. The third-order valence-corrected chi connectivity index (χ3v) is 2.93. The zero-order valence-corrected chi connectivity index (χ0v) is 10.0. The molecule has 1 unspecified atom stereocenters. The minimum absolute atomic E-state index is 0.237. The molecule has 1 atom stereocenters. The Balaban J connectivity index is 2.30. The third kappa shape index (κ3) is 3.16. The van der Waals surface area contributed by atoms with Crippen LogP contribution in [0.1, 0.15) is 17.0 Å². The van der Waals surface area contributed by atoms with Gasteiger partial charge in [-0.05, 0) is 29.7 Å². The fourth-order valence-corrected chi connectivity index (χ4v) is 1.93. The van der Waals surface area contributed by atoms with E-state index in [1.807, 2.05) is 6.07 Å². The maximum Gasteiger partial charge on any atom is 0.311 e. The molecular weight excluding hydrogens is 250 g/mol. The van der Waals surface area contributed by atoms with Gasteiger partial charge in [0.05, 0.1) is 5.92 Å². The van der Waals surface area contributed by atoms with E-state index in [1.54, 1.807) is 24.3 Å². The fraction of sp³-hybridized carbons (Fsp3) is 0.133. The van der Waals surface area contributed by atoms with E-state index in [1.165, 1.54) is 6.07 Å². The van der Waals surface area contributed by atoms with Crippen LogP contribution in [-0.4, -0.2) is 11.1 Å². The first-order valence-electron chi connectivity index (χ1n) is 5.79. The fourth-order valence-electron chi connectivity index (χ4n) is 1.93. The molecule has 2 rings (SSSR count). The van der Waals surface area contributed by atoms with E-state index in [0.29, 0.717) is 0 Å². The molecule has 19 heavy (non-hydrogen) atoms. The Morgan fingerprint density at radius 3 is 2.32 bits per heavy atom. The molecular formula is C15H12F2O2. The number of aliphatic carboxylic acids is 1. The maximum absolute atomic E-state index is 13.2. The van der Waals surface area contributed by atoms with E-state index in [4.69, 9.17) is 0 Å². The molecule has 0 saturated carbocycles. The highest BCUT2D eigenvalue weighted by molar-refractivity contribution is 5.76. The predicted octanol–water partition coefficient (Wildman–Crippen LogP) is 3.38. The summed E-state index contributed by atoms with van der Waals surface area (Å²) in [5.41, 5.74) is 1.09. The van der Waals surface area contributed by atoms with E-state index in [2.05, 4.69) is 0 Å². The van der Waals surface area contributed by atoms with Crippen molar-refractivity contribution in [2.75, 3.05) is 0 Å². The predicted molar refractivity (Wildman–Crippen MR) is 66.9 cm³/mol. The molecule has 0 fully saturated rings. The maximum atomic E-state index is 13.2. The number of hydrogen-bond donors (Lipinski definition) is 1. The lowest BCUT2D eigenvalue weighted by Crippen LogP contribution is -2.14. The summed E-state index contributed by atoms with van der Waals surface area (Å²) in [6.45, 7) is 0. The molecule has 0 aliphatic heterocycles. The first-order chi connectivity index (χ1) is 9.08. The molecule has 0 radical (unpaired) electrons. The van der Waals surface area contributed by atoms with Gasteiger partial charge in [-0.25, -0.2) is 8.78 Å². The summed E-state index contributed by atoms with van der Waals surface area (Å²) in [7, 11) is 0. The lowest BCUT2D eigenvalue weighted by Gasteiger charge is -2.13. The molecule has 0 heterocycles. The van der Waals surface area contributed by atoms with Gasteiger partial charge in [0.1, 0.15) is 0 Å². The average Bonchev–Trinajstić information content (AvgIpc) is 2.40. The van der Waals surface area contributed by atoms with Crippen LogP contribution in [0.25, 0.3) is 0 Å². The first-order valence-corrected chi connectivity index (χ1v) is 5.79. The molecule has 0 aromatic heterocycles. The van der Waals surface area contributed by atoms with Gasteiger partial charge in [0.15, 0.2) is 11.6 Å². The number of benzene rings is 2. The van der Waals surface area contributed by atoms with Gasteiger partial charge >= 0.3 is 5.97 Å². The van der Waals surface area contributed by atoms with Gasteiger partial charge in [-0.15, -0.1) is 0 Å². The third-order valence-electron chi connectivity index (χ3n) is 2.93. The summed E-state index contributed by atoms with van der Waals surface area (Å²) in [6, 6.07) is 12.2. The van der Waals surface area contributed by atoms with Crippen LogP contribution >= 0.6 is 0 Å². The highest BCUT2D eigenvalue weighted by Crippen LogP contribution is 2.23. The van der Waals surface area contributed by atoms with Crippen molar-refractivity contribution < 1.29 is 18.7 Å². The zero-order chi connectivity index (χ0) is 13.8. The Labute approximate surface area is 109 Å². The quantitative estimate of drug-likeness (QED) is 0.917. The minimum atomic E-state index is -1.06. The Morgan fingerprint density at radius 1 is 1.05 bits per heavy atom. The number of carboxylic acid groups (broad SMARTS) is 1. The van der Waals surface area contributed by atoms with Crippen molar-refractivity contribution in [3.05, 3.63) is 71.3 Å². The molecule has 0 aliphatic rings. The number of hydrogen-bond acceptors (Lipinski definition) is 1. The summed E-state index contributed by atoms with van der Waals surface area (Å²) in [4.78, 5) is 11.3. The van der Waals surface area contributed by atoms with Gasteiger partial charge in [0, 0.05) is 0 Å².